The molecule has 0 saturated carbocycles. The van der Waals surface area contributed by atoms with Gasteiger partial charge in [0.1, 0.15) is 12.4 Å². The summed E-state index contributed by atoms with van der Waals surface area (Å²) in [7, 11) is 0. The Balaban J connectivity index is 1.89. The summed E-state index contributed by atoms with van der Waals surface area (Å²) in [6, 6.07) is 8.24. The molecule has 1 aliphatic rings. The highest BCUT2D eigenvalue weighted by atomic mass is 16.5. The summed E-state index contributed by atoms with van der Waals surface area (Å²) in [6.45, 7) is 5.56. The summed E-state index contributed by atoms with van der Waals surface area (Å²) in [6.07, 6.45) is 1.73. The number of aliphatic hydroxyl groups excluding tert-OH is 1. The van der Waals surface area contributed by atoms with Crippen LogP contribution < -0.4 is 4.74 Å². The minimum atomic E-state index is -0.189. The van der Waals surface area contributed by atoms with E-state index in [-0.39, 0.29) is 6.10 Å². The number of hydrogen-bond acceptors (Lipinski definition) is 3. The Hall–Kier alpha value is -1.06. The van der Waals surface area contributed by atoms with Crippen molar-refractivity contribution in [2.24, 2.45) is 0 Å². The first kappa shape index (κ1) is 12.4. The second kappa shape index (κ2) is 6.03. The Morgan fingerprint density at radius 3 is 3.06 bits per heavy atom. The molecule has 1 aromatic carbocycles. The third-order valence-corrected chi connectivity index (χ3v) is 3.13. The zero-order valence-corrected chi connectivity index (χ0v) is 10.4. The summed E-state index contributed by atoms with van der Waals surface area (Å²) < 4.78 is 5.72. The molecular weight excluding hydrogens is 214 g/mol. The van der Waals surface area contributed by atoms with E-state index in [4.69, 9.17) is 4.74 Å². The van der Waals surface area contributed by atoms with Crippen molar-refractivity contribution in [1.29, 1.82) is 0 Å². The van der Waals surface area contributed by atoms with Crippen LogP contribution in [0.15, 0.2) is 24.3 Å². The summed E-state index contributed by atoms with van der Waals surface area (Å²) in [5, 5.41) is 9.25. The maximum absolute atomic E-state index is 9.25. The number of benzene rings is 1. The van der Waals surface area contributed by atoms with Crippen LogP contribution in [0.4, 0.5) is 0 Å². The van der Waals surface area contributed by atoms with Gasteiger partial charge in [-0.1, -0.05) is 18.2 Å². The van der Waals surface area contributed by atoms with Gasteiger partial charge in [-0.15, -0.1) is 0 Å². The smallest absolute Gasteiger partial charge is 0.123 e. The van der Waals surface area contributed by atoms with E-state index in [1.807, 2.05) is 19.1 Å². The number of para-hydroxylation sites is 1. The van der Waals surface area contributed by atoms with Crippen molar-refractivity contribution in [3.63, 3.8) is 0 Å². The number of hydrogen-bond donors (Lipinski definition) is 1. The fourth-order valence-corrected chi connectivity index (χ4v) is 2.18. The van der Waals surface area contributed by atoms with Crippen LogP contribution in [-0.4, -0.2) is 35.8 Å². The standard InChI is InChI=1S/C14H21NO2/c1-12(16)5-4-8-15-9-10-17-14-7-3-2-6-13(14)11-15/h2-3,6-7,12,16H,4-5,8-11H2,1H3. The fourth-order valence-electron chi connectivity index (χ4n) is 2.18. The molecule has 2 rings (SSSR count). The van der Waals surface area contributed by atoms with E-state index in [2.05, 4.69) is 17.0 Å². The Kier molecular flexibility index (Phi) is 4.40. The SMILES string of the molecule is CC(O)CCCN1CCOc2ccccc2C1. The third kappa shape index (κ3) is 3.72. The molecule has 1 aromatic rings. The van der Waals surface area contributed by atoms with Gasteiger partial charge in [0.15, 0.2) is 0 Å². The Bertz CT molecular complexity index is 352. The van der Waals surface area contributed by atoms with Gasteiger partial charge in [0, 0.05) is 18.7 Å². The quantitative estimate of drug-likeness (QED) is 0.867. The van der Waals surface area contributed by atoms with E-state index in [1.165, 1.54) is 5.56 Å². The van der Waals surface area contributed by atoms with Crippen LogP contribution in [-0.2, 0) is 6.54 Å². The minimum Gasteiger partial charge on any atom is -0.492 e. The van der Waals surface area contributed by atoms with Crippen LogP contribution in [0.25, 0.3) is 0 Å². The lowest BCUT2D eigenvalue weighted by molar-refractivity contribution is 0.166. The van der Waals surface area contributed by atoms with Crippen LogP contribution >= 0.6 is 0 Å². The van der Waals surface area contributed by atoms with Crippen molar-refractivity contribution in [2.45, 2.75) is 32.4 Å². The molecule has 17 heavy (non-hydrogen) atoms. The summed E-state index contributed by atoms with van der Waals surface area (Å²) in [4.78, 5) is 2.40. The topological polar surface area (TPSA) is 32.7 Å². The molecular formula is C14H21NO2. The molecule has 0 saturated heterocycles. The molecule has 0 spiro atoms. The summed E-state index contributed by atoms with van der Waals surface area (Å²) in [5.41, 5.74) is 1.27. The minimum absolute atomic E-state index is 0.189. The van der Waals surface area contributed by atoms with E-state index in [0.717, 1.165) is 44.8 Å². The summed E-state index contributed by atoms with van der Waals surface area (Å²) in [5.74, 6) is 1.02. The normalized spacial score (nSPS) is 18.0. The number of fused-ring (bicyclic) bond motifs is 1. The maximum Gasteiger partial charge on any atom is 0.123 e. The van der Waals surface area contributed by atoms with E-state index in [1.54, 1.807) is 0 Å². The van der Waals surface area contributed by atoms with Crippen molar-refractivity contribution in [3.05, 3.63) is 29.8 Å². The first-order valence-electron chi connectivity index (χ1n) is 6.37. The predicted octanol–water partition coefficient (Wildman–Crippen LogP) is 2.04. The zero-order valence-electron chi connectivity index (χ0n) is 10.4. The van der Waals surface area contributed by atoms with Gasteiger partial charge in [0.05, 0.1) is 6.10 Å². The first-order valence-corrected chi connectivity index (χ1v) is 6.37. The van der Waals surface area contributed by atoms with Crippen LogP contribution in [0, 0.1) is 0 Å². The number of rotatable bonds is 4. The molecule has 3 nitrogen and oxygen atoms in total. The average molecular weight is 235 g/mol. The molecule has 0 aliphatic carbocycles. The van der Waals surface area contributed by atoms with Crippen LogP contribution in [0.3, 0.4) is 0 Å². The van der Waals surface area contributed by atoms with Crippen molar-refractivity contribution in [1.82, 2.24) is 4.90 Å². The molecule has 1 aliphatic heterocycles. The molecule has 0 radical (unpaired) electrons. The lowest BCUT2D eigenvalue weighted by atomic mass is 10.1. The monoisotopic (exact) mass is 235 g/mol. The maximum atomic E-state index is 9.25. The van der Waals surface area contributed by atoms with Crippen molar-refractivity contribution in [3.8, 4) is 5.75 Å². The Morgan fingerprint density at radius 2 is 2.24 bits per heavy atom. The van der Waals surface area contributed by atoms with Crippen LogP contribution in [0.2, 0.25) is 0 Å². The van der Waals surface area contributed by atoms with Crippen LogP contribution in [0.1, 0.15) is 25.3 Å². The van der Waals surface area contributed by atoms with Gasteiger partial charge in [-0.25, -0.2) is 0 Å². The highest BCUT2D eigenvalue weighted by molar-refractivity contribution is 5.33. The largest absolute Gasteiger partial charge is 0.492 e. The van der Waals surface area contributed by atoms with Gasteiger partial charge in [0.2, 0.25) is 0 Å². The molecule has 94 valence electrons. The number of aliphatic hydroxyl groups is 1. The Morgan fingerprint density at radius 1 is 1.41 bits per heavy atom. The van der Waals surface area contributed by atoms with E-state index >= 15 is 0 Å². The first-order chi connectivity index (χ1) is 8.25. The molecule has 1 N–H and O–H groups in total. The van der Waals surface area contributed by atoms with Gasteiger partial charge >= 0.3 is 0 Å². The molecule has 3 heteroatoms. The molecule has 0 aromatic heterocycles. The highest BCUT2D eigenvalue weighted by Gasteiger charge is 2.14. The van der Waals surface area contributed by atoms with Crippen LogP contribution in [0.5, 0.6) is 5.75 Å². The van der Waals surface area contributed by atoms with E-state index < -0.39 is 0 Å². The van der Waals surface area contributed by atoms with Gasteiger partial charge in [-0.05, 0) is 32.4 Å². The highest BCUT2D eigenvalue weighted by Crippen LogP contribution is 2.22. The lowest BCUT2D eigenvalue weighted by Gasteiger charge is -2.19. The second-order valence-electron chi connectivity index (χ2n) is 4.72. The number of ether oxygens (including phenoxy) is 1. The molecule has 1 atom stereocenters. The average Bonchev–Trinajstić information content (AvgIpc) is 2.50. The second-order valence-corrected chi connectivity index (χ2v) is 4.72. The van der Waals surface area contributed by atoms with Gasteiger partial charge in [-0.3, -0.25) is 4.90 Å². The number of nitrogens with zero attached hydrogens (tertiary/aromatic N) is 1. The van der Waals surface area contributed by atoms with Gasteiger partial charge < -0.3 is 9.84 Å². The van der Waals surface area contributed by atoms with Gasteiger partial charge in [-0.2, -0.15) is 0 Å². The molecule has 0 amide bonds. The fraction of sp³-hybridized carbons (Fsp3) is 0.571. The van der Waals surface area contributed by atoms with Crippen molar-refractivity contribution < 1.29 is 9.84 Å². The molecule has 0 bridgehead atoms. The molecule has 0 fully saturated rings. The Labute approximate surface area is 103 Å². The summed E-state index contributed by atoms with van der Waals surface area (Å²) >= 11 is 0. The molecule has 1 unspecified atom stereocenters. The third-order valence-electron chi connectivity index (χ3n) is 3.13. The lowest BCUT2D eigenvalue weighted by Crippen LogP contribution is -2.27. The van der Waals surface area contributed by atoms with Gasteiger partial charge in [0.25, 0.3) is 0 Å². The zero-order chi connectivity index (χ0) is 12.1. The van der Waals surface area contributed by atoms with E-state index in [9.17, 15) is 5.11 Å². The van der Waals surface area contributed by atoms with E-state index in [0.29, 0.717) is 0 Å². The molecule has 1 heterocycles. The van der Waals surface area contributed by atoms with Crippen molar-refractivity contribution >= 4 is 0 Å². The van der Waals surface area contributed by atoms with Crippen molar-refractivity contribution in [2.75, 3.05) is 19.7 Å². The predicted molar refractivity (Wildman–Crippen MR) is 68.1 cm³/mol.